The predicted octanol–water partition coefficient (Wildman–Crippen LogP) is 3.46. The van der Waals surface area contributed by atoms with Gasteiger partial charge in [-0.2, -0.15) is 0 Å². The number of benzene rings is 2. The van der Waals surface area contributed by atoms with Crippen LogP contribution in [-0.4, -0.2) is 12.5 Å². The first kappa shape index (κ1) is 14.9. The van der Waals surface area contributed by atoms with Crippen LogP contribution in [0.15, 0.2) is 42.5 Å². The van der Waals surface area contributed by atoms with Crippen LogP contribution in [0.2, 0.25) is 0 Å². The fourth-order valence-corrected chi connectivity index (χ4v) is 2.07. The molecule has 0 radical (unpaired) electrons. The molecule has 0 atom stereocenters. The van der Waals surface area contributed by atoms with E-state index >= 15 is 0 Å². The third kappa shape index (κ3) is 3.75. The molecular weight excluding hydrogens is 264 g/mol. The lowest BCUT2D eigenvalue weighted by Gasteiger charge is -2.13. The SMILES string of the molecule is CCOc1ccc(C(=O)NNc2c(C)cccc2C)cc1. The molecular formula is C17H20N2O2. The number of ether oxygens (including phenoxy) is 1. The van der Waals surface area contributed by atoms with E-state index in [0.29, 0.717) is 12.2 Å². The smallest absolute Gasteiger partial charge is 0.269 e. The van der Waals surface area contributed by atoms with Gasteiger partial charge in [-0.05, 0) is 56.2 Å². The molecule has 0 saturated heterocycles. The molecule has 21 heavy (non-hydrogen) atoms. The Hall–Kier alpha value is -2.49. The minimum absolute atomic E-state index is 0.180. The molecule has 0 spiro atoms. The lowest BCUT2D eigenvalue weighted by Crippen LogP contribution is -2.30. The van der Waals surface area contributed by atoms with Crippen LogP contribution in [0, 0.1) is 13.8 Å². The van der Waals surface area contributed by atoms with Gasteiger partial charge in [0, 0.05) is 5.56 Å². The van der Waals surface area contributed by atoms with Crippen LogP contribution in [0.4, 0.5) is 5.69 Å². The van der Waals surface area contributed by atoms with Crippen molar-refractivity contribution in [1.29, 1.82) is 0 Å². The summed E-state index contributed by atoms with van der Waals surface area (Å²) in [7, 11) is 0. The second-order valence-electron chi connectivity index (χ2n) is 4.80. The maximum absolute atomic E-state index is 12.1. The normalized spacial score (nSPS) is 10.0. The van der Waals surface area contributed by atoms with Gasteiger partial charge in [0.2, 0.25) is 0 Å². The summed E-state index contributed by atoms with van der Waals surface area (Å²) in [6.45, 7) is 6.53. The molecule has 0 unspecified atom stereocenters. The number of hydrogen-bond donors (Lipinski definition) is 2. The number of hydrazine groups is 1. The van der Waals surface area contributed by atoms with E-state index in [0.717, 1.165) is 22.6 Å². The molecule has 2 N–H and O–H groups in total. The Morgan fingerprint density at radius 1 is 1.05 bits per heavy atom. The van der Waals surface area contributed by atoms with Crippen molar-refractivity contribution in [1.82, 2.24) is 5.43 Å². The standard InChI is InChI=1S/C17H20N2O2/c1-4-21-15-10-8-14(9-11-15)17(20)19-18-16-12(2)6-5-7-13(16)3/h5-11,18H,4H2,1-3H3,(H,19,20). The molecule has 2 aromatic rings. The highest BCUT2D eigenvalue weighted by Crippen LogP contribution is 2.18. The topological polar surface area (TPSA) is 50.4 Å². The minimum Gasteiger partial charge on any atom is -0.494 e. The van der Waals surface area contributed by atoms with Crippen molar-refractivity contribution < 1.29 is 9.53 Å². The molecule has 1 amide bonds. The van der Waals surface area contributed by atoms with E-state index in [1.54, 1.807) is 24.3 Å². The molecule has 0 aliphatic rings. The summed E-state index contributed by atoms with van der Waals surface area (Å²) in [5.74, 6) is 0.581. The van der Waals surface area contributed by atoms with Crippen LogP contribution in [0.3, 0.4) is 0 Å². The van der Waals surface area contributed by atoms with E-state index in [1.807, 2.05) is 39.0 Å². The number of rotatable bonds is 5. The quantitative estimate of drug-likeness (QED) is 0.827. The minimum atomic E-state index is -0.180. The zero-order valence-electron chi connectivity index (χ0n) is 12.6. The average molecular weight is 284 g/mol. The maximum Gasteiger partial charge on any atom is 0.269 e. The Morgan fingerprint density at radius 2 is 1.67 bits per heavy atom. The number of anilines is 1. The lowest BCUT2D eigenvalue weighted by atomic mass is 10.1. The Kier molecular flexibility index (Phi) is 4.82. The highest BCUT2D eigenvalue weighted by atomic mass is 16.5. The van der Waals surface area contributed by atoms with E-state index in [1.165, 1.54) is 0 Å². The van der Waals surface area contributed by atoms with Crippen molar-refractivity contribution in [3.63, 3.8) is 0 Å². The summed E-state index contributed by atoms with van der Waals surface area (Å²) in [6, 6.07) is 13.1. The number of carbonyl (C=O) groups is 1. The van der Waals surface area contributed by atoms with Gasteiger partial charge in [0.15, 0.2) is 0 Å². The molecule has 0 saturated carbocycles. The first-order valence-corrected chi connectivity index (χ1v) is 6.97. The van der Waals surface area contributed by atoms with Crippen molar-refractivity contribution in [2.45, 2.75) is 20.8 Å². The maximum atomic E-state index is 12.1. The van der Waals surface area contributed by atoms with Crippen molar-refractivity contribution in [3.8, 4) is 5.75 Å². The van der Waals surface area contributed by atoms with Crippen molar-refractivity contribution in [2.24, 2.45) is 0 Å². The van der Waals surface area contributed by atoms with E-state index in [-0.39, 0.29) is 5.91 Å². The average Bonchev–Trinajstić information content (AvgIpc) is 2.47. The van der Waals surface area contributed by atoms with Crippen molar-refractivity contribution in [2.75, 3.05) is 12.0 Å². The number of para-hydroxylation sites is 1. The third-order valence-corrected chi connectivity index (χ3v) is 3.21. The van der Waals surface area contributed by atoms with Crippen LogP contribution in [0.25, 0.3) is 0 Å². The summed E-state index contributed by atoms with van der Waals surface area (Å²) < 4.78 is 5.35. The van der Waals surface area contributed by atoms with Gasteiger partial charge in [-0.15, -0.1) is 0 Å². The van der Waals surface area contributed by atoms with Gasteiger partial charge < -0.3 is 4.74 Å². The molecule has 0 aliphatic heterocycles. The molecule has 2 rings (SSSR count). The second kappa shape index (κ2) is 6.79. The molecule has 0 bridgehead atoms. The van der Waals surface area contributed by atoms with Gasteiger partial charge in [0.1, 0.15) is 5.75 Å². The second-order valence-corrected chi connectivity index (χ2v) is 4.80. The van der Waals surface area contributed by atoms with Crippen molar-refractivity contribution in [3.05, 3.63) is 59.2 Å². The Morgan fingerprint density at radius 3 is 2.24 bits per heavy atom. The summed E-state index contributed by atoms with van der Waals surface area (Å²) in [5, 5.41) is 0. The fourth-order valence-electron chi connectivity index (χ4n) is 2.07. The van der Waals surface area contributed by atoms with Crippen LogP contribution in [-0.2, 0) is 0 Å². The number of carbonyl (C=O) groups excluding carboxylic acids is 1. The largest absolute Gasteiger partial charge is 0.494 e. The van der Waals surface area contributed by atoms with Crippen LogP contribution in [0.1, 0.15) is 28.4 Å². The van der Waals surface area contributed by atoms with E-state index in [9.17, 15) is 4.79 Å². The highest BCUT2D eigenvalue weighted by Gasteiger charge is 2.07. The van der Waals surface area contributed by atoms with Gasteiger partial charge in [-0.1, -0.05) is 18.2 Å². The van der Waals surface area contributed by atoms with Gasteiger partial charge >= 0.3 is 0 Å². The molecule has 0 aromatic heterocycles. The zero-order valence-corrected chi connectivity index (χ0v) is 12.6. The molecule has 4 heteroatoms. The van der Waals surface area contributed by atoms with E-state index in [4.69, 9.17) is 4.74 Å². The molecule has 110 valence electrons. The Labute approximate surface area is 125 Å². The number of amides is 1. The van der Waals surface area contributed by atoms with Crippen LogP contribution >= 0.6 is 0 Å². The first-order valence-electron chi connectivity index (χ1n) is 6.97. The zero-order chi connectivity index (χ0) is 15.2. The van der Waals surface area contributed by atoms with E-state index in [2.05, 4.69) is 10.9 Å². The lowest BCUT2D eigenvalue weighted by molar-refractivity contribution is 0.0962. The predicted molar refractivity (Wildman–Crippen MR) is 84.6 cm³/mol. The summed E-state index contributed by atoms with van der Waals surface area (Å²) in [6.07, 6.45) is 0. The van der Waals surface area contributed by atoms with E-state index < -0.39 is 0 Å². The Bertz CT molecular complexity index is 601. The van der Waals surface area contributed by atoms with Gasteiger partial charge in [0.25, 0.3) is 5.91 Å². The number of hydrogen-bond acceptors (Lipinski definition) is 3. The van der Waals surface area contributed by atoms with Crippen LogP contribution in [0.5, 0.6) is 5.75 Å². The first-order chi connectivity index (χ1) is 10.1. The number of nitrogens with one attached hydrogen (secondary N) is 2. The molecule has 0 fully saturated rings. The monoisotopic (exact) mass is 284 g/mol. The van der Waals surface area contributed by atoms with Crippen molar-refractivity contribution >= 4 is 11.6 Å². The van der Waals surface area contributed by atoms with Gasteiger partial charge in [-0.3, -0.25) is 15.6 Å². The molecule has 0 heterocycles. The van der Waals surface area contributed by atoms with Gasteiger partial charge in [0.05, 0.1) is 12.3 Å². The summed E-state index contributed by atoms with van der Waals surface area (Å²) in [5.41, 5.74) is 9.39. The molecule has 0 aliphatic carbocycles. The Balaban J connectivity index is 2.01. The third-order valence-electron chi connectivity index (χ3n) is 3.21. The highest BCUT2D eigenvalue weighted by molar-refractivity contribution is 5.95. The number of aryl methyl sites for hydroxylation is 2. The molecule has 2 aromatic carbocycles. The summed E-state index contributed by atoms with van der Waals surface area (Å²) in [4.78, 5) is 12.1. The fraction of sp³-hybridized carbons (Fsp3) is 0.235. The van der Waals surface area contributed by atoms with Crippen LogP contribution < -0.4 is 15.6 Å². The van der Waals surface area contributed by atoms with Gasteiger partial charge in [-0.25, -0.2) is 0 Å². The summed E-state index contributed by atoms with van der Waals surface area (Å²) >= 11 is 0. The molecule has 4 nitrogen and oxygen atoms in total.